The van der Waals surface area contributed by atoms with Crippen molar-refractivity contribution in [3.8, 4) is 0 Å². The Labute approximate surface area is 101 Å². The smallest absolute Gasteiger partial charge is 0.273 e. The molecule has 0 radical (unpaired) electrons. The molecule has 2 aromatic rings. The average Bonchev–Trinajstić information content (AvgIpc) is 2.73. The highest BCUT2D eigenvalue weighted by atomic mass is 79.9. The summed E-state index contributed by atoms with van der Waals surface area (Å²) >= 11 is 3.32. The lowest BCUT2D eigenvalue weighted by Crippen LogP contribution is -2.15. The minimum atomic E-state index is -0.174. The van der Waals surface area contributed by atoms with Crippen molar-refractivity contribution in [3.05, 3.63) is 34.7 Å². The molecule has 0 spiro atoms. The summed E-state index contributed by atoms with van der Waals surface area (Å²) in [5.41, 5.74) is 0.581. The maximum Gasteiger partial charge on any atom is 0.273 e. The molecule has 5 nitrogen and oxygen atoms in total. The first-order valence-corrected chi connectivity index (χ1v) is 5.48. The summed E-state index contributed by atoms with van der Waals surface area (Å²) < 4.78 is 4.26. The van der Waals surface area contributed by atoms with E-state index in [9.17, 15) is 4.79 Å². The van der Waals surface area contributed by atoms with Crippen molar-refractivity contribution in [1.82, 2.24) is 14.3 Å². The lowest BCUT2D eigenvalue weighted by atomic mass is 10.4. The molecule has 2 heterocycles. The van der Waals surface area contributed by atoms with Gasteiger partial charge in [-0.1, -0.05) is 0 Å². The quantitative estimate of drug-likeness (QED) is 0.913. The molecule has 0 aliphatic carbocycles. The van der Waals surface area contributed by atoms with Gasteiger partial charge in [0.1, 0.15) is 5.69 Å². The fourth-order valence-corrected chi connectivity index (χ4v) is 1.94. The zero-order valence-electron chi connectivity index (χ0n) is 8.94. The molecule has 0 saturated heterocycles. The fourth-order valence-electron chi connectivity index (χ4n) is 1.41. The Morgan fingerprint density at radius 1 is 1.50 bits per heavy atom. The Bertz CT molecular complexity index is 529. The van der Waals surface area contributed by atoms with Crippen LogP contribution in [0.1, 0.15) is 10.5 Å². The number of carbonyl (C=O) groups is 1. The molecule has 1 N–H and O–H groups in total. The molecular weight excluding hydrogens is 272 g/mol. The Hall–Kier alpha value is -1.56. The van der Waals surface area contributed by atoms with Crippen LogP contribution in [0.4, 0.5) is 5.82 Å². The summed E-state index contributed by atoms with van der Waals surface area (Å²) in [5, 5.41) is 6.80. The van der Waals surface area contributed by atoms with E-state index in [0.29, 0.717) is 11.5 Å². The Morgan fingerprint density at radius 3 is 2.75 bits per heavy atom. The van der Waals surface area contributed by atoms with Gasteiger partial charge in [-0.25, -0.2) is 0 Å². The van der Waals surface area contributed by atoms with Crippen molar-refractivity contribution in [3.63, 3.8) is 0 Å². The minimum absolute atomic E-state index is 0.174. The van der Waals surface area contributed by atoms with Gasteiger partial charge in [-0.05, 0) is 22.0 Å². The SMILES string of the molecule is Cn1ccc(NC(=O)c2cc(Br)cn2C)n1. The molecule has 84 valence electrons. The molecule has 6 heteroatoms. The predicted molar refractivity (Wildman–Crippen MR) is 64.3 cm³/mol. The molecule has 16 heavy (non-hydrogen) atoms. The van der Waals surface area contributed by atoms with E-state index in [4.69, 9.17) is 0 Å². The highest BCUT2D eigenvalue weighted by molar-refractivity contribution is 9.10. The van der Waals surface area contributed by atoms with Gasteiger partial charge in [0.25, 0.3) is 5.91 Å². The zero-order chi connectivity index (χ0) is 11.7. The molecule has 0 unspecified atom stereocenters. The molecule has 0 atom stereocenters. The normalized spacial score (nSPS) is 10.4. The van der Waals surface area contributed by atoms with Crippen molar-refractivity contribution < 1.29 is 4.79 Å². The maximum absolute atomic E-state index is 11.9. The largest absolute Gasteiger partial charge is 0.345 e. The second-order valence-corrected chi connectivity index (χ2v) is 4.40. The molecule has 2 aromatic heterocycles. The molecule has 0 bridgehead atoms. The molecule has 0 aliphatic rings. The van der Waals surface area contributed by atoms with Gasteiger partial charge >= 0.3 is 0 Å². The van der Waals surface area contributed by atoms with Crippen molar-refractivity contribution in [1.29, 1.82) is 0 Å². The van der Waals surface area contributed by atoms with E-state index < -0.39 is 0 Å². The predicted octanol–water partition coefficient (Wildman–Crippen LogP) is 1.77. The second kappa shape index (κ2) is 4.13. The van der Waals surface area contributed by atoms with Crippen LogP contribution >= 0.6 is 15.9 Å². The molecule has 0 aliphatic heterocycles. The molecular formula is C10H11BrN4O. The van der Waals surface area contributed by atoms with Gasteiger partial charge in [0.2, 0.25) is 0 Å². The van der Waals surface area contributed by atoms with Crippen molar-refractivity contribution in [2.24, 2.45) is 14.1 Å². The number of nitrogens with one attached hydrogen (secondary N) is 1. The number of nitrogens with zero attached hydrogens (tertiary/aromatic N) is 3. The van der Waals surface area contributed by atoms with Crippen LogP contribution in [-0.2, 0) is 14.1 Å². The van der Waals surface area contributed by atoms with Crippen LogP contribution in [0.25, 0.3) is 0 Å². The Morgan fingerprint density at radius 2 is 2.25 bits per heavy atom. The number of anilines is 1. The number of rotatable bonds is 2. The molecule has 0 aromatic carbocycles. The van der Waals surface area contributed by atoms with Crippen molar-refractivity contribution in [2.75, 3.05) is 5.32 Å². The van der Waals surface area contributed by atoms with Crippen LogP contribution in [0.3, 0.4) is 0 Å². The minimum Gasteiger partial charge on any atom is -0.345 e. The highest BCUT2D eigenvalue weighted by Gasteiger charge is 2.11. The lowest BCUT2D eigenvalue weighted by molar-refractivity contribution is 0.101. The third-order valence-electron chi connectivity index (χ3n) is 2.16. The maximum atomic E-state index is 11.9. The highest BCUT2D eigenvalue weighted by Crippen LogP contribution is 2.14. The van der Waals surface area contributed by atoms with Crippen LogP contribution in [-0.4, -0.2) is 20.3 Å². The number of amides is 1. The van der Waals surface area contributed by atoms with E-state index in [1.807, 2.05) is 13.2 Å². The zero-order valence-corrected chi connectivity index (χ0v) is 10.5. The Kier molecular flexibility index (Phi) is 2.82. The van der Waals surface area contributed by atoms with Gasteiger partial charge in [-0.15, -0.1) is 0 Å². The first-order chi connectivity index (χ1) is 7.56. The summed E-state index contributed by atoms with van der Waals surface area (Å²) in [6.45, 7) is 0. The third kappa shape index (κ3) is 2.16. The summed E-state index contributed by atoms with van der Waals surface area (Å²) in [6, 6.07) is 3.51. The van der Waals surface area contributed by atoms with E-state index >= 15 is 0 Å². The second-order valence-electron chi connectivity index (χ2n) is 3.48. The van der Waals surface area contributed by atoms with Gasteiger partial charge in [0.05, 0.1) is 0 Å². The summed E-state index contributed by atoms with van der Waals surface area (Å²) in [4.78, 5) is 11.9. The number of halogens is 1. The van der Waals surface area contributed by atoms with Crippen LogP contribution in [0, 0.1) is 0 Å². The number of carbonyl (C=O) groups excluding carboxylic acids is 1. The van der Waals surface area contributed by atoms with Crippen LogP contribution < -0.4 is 5.32 Å². The molecule has 0 saturated carbocycles. The van der Waals surface area contributed by atoms with Gasteiger partial charge in [-0.3, -0.25) is 9.48 Å². The number of hydrogen-bond acceptors (Lipinski definition) is 2. The van der Waals surface area contributed by atoms with Crippen LogP contribution in [0.15, 0.2) is 29.0 Å². The molecule has 1 amide bonds. The van der Waals surface area contributed by atoms with Crippen LogP contribution in [0.5, 0.6) is 0 Å². The topological polar surface area (TPSA) is 51.9 Å². The van der Waals surface area contributed by atoms with Gasteiger partial charge < -0.3 is 9.88 Å². The summed E-state index contributed by atoms with van der Waals surface area (Å²) in [6.07, 6.45) is 3.60. The first-order valence-electron chi connectivity index (χ1n) is 4.69. The van der Waals surface area contributed by atoms with E-state index in [1.165, 1.54) is 0 Å². The first kappa shape index (κ1) is 10.9. The van der Waals surface area contributed by atoms with Crippen molar-refractivity contribution in [2.45, 2.75) is 0 Å². The third-order valence-corrected chi connectivity index (χ3v) is 2.59. The molecule has 2 rings (SSSR count). The monoisotopic (exact) mass is 282 g/mol. The van der Waals surface area contributed by atoms with E-state index in [-0.39, 0.29) is 5.91 Å². The molecule has 0 fully saturated rings. The lowest BCUT2D eigenvalue weighted by Gasteiger charge is -2.02. The number of aryl methyl sites for hydroxylation is 2. The average molecular weight is 283 g/mol. The fraction of sp³-hybridized carbons (Fsp3) is 0.200. The van der Waals surface area contributed by atoms with Crippen LogP contribution in [0.2, 0.25) is 0 Å². The van der Waals surface area contributed by atoms with Crippen molar-refractivity contribution >= 4 is 27.7 Å². The Balaban J connectivity index is 2.17. The number of hydrogen-bond donors (Lipinski definition) is 1. The van der Waals surface area contributed by atoms with E-state index in [1.54, 1.807) is 34.6 Å². The number of aromatic nitrogens is 3. The van der Waals surface area contributed by atoms with Gasteiger partial charge in [-0.2, -0.15) is 5.10 Å². The van der Waals surface area contributed by atoms with Gasteiger partial charge in [0, 0.05) is 37.0 Å². The standard InChI is InChI=1S/C10H11BrN4O/c1-14-6-7(11)5-8(14)10(16)12-9-3-4-15(2)13-9/h3-6H,1-2H3,(H,12,13,16). The van der Waals surface area contributed by atoms with E-state index in [2.05, 4.69) is 26.3 Å². The van der Waals surface area contributed by atoms with Gasteiger partial charge in [0.15, 0.2) is 5.82 Å². The van der Waals surface area contributed by atoms with E-state index in [0.717, 1.165) is 4.47 Å². The summed E-state index contributed by atoms with van der Waals surface area (Å²) in [5.74, 6) is 0.372. The summed E-state index contributed by atoms with van der Waals surface area (Å²) in [7, 11) is 3.62.